The molecule has 8 nitrogen and oxygen atoms in total. The largest absolute Gasteiger partial charge is 0.507 e. The second-order valence-electron chi connectivity index (χ2n) is 7.94. The number of para-hydroxylation sites is 3. The summed E-state index contributed by atoms with van der Waals surface area (Å²) in [6.07, 6.45) is 3.53. The molecule has 34 heavy (non-hydrogen) atoms. The van der Waals surface area contributed by atoms with Crippen LogP contribution >= 0.6 is 0 Å². The van der Waals surface area contributed by atoms with Crippen molar-refractivity contribution in [3.05, 3.63) is 77.1 Å². The molecule has 2 rings (SSSR count). The van der Waals surface area contributed by atoms with Gasteiger partial charge in [0.1, 0.15) is 11.5 Å². The molecule has 0 saturated carbocycles. The Kier molecular flexibility index (Phi) is 10.7. The van der Waals surface area contributed by atoms with Gasteiger partial charge in [0.15, 0.2) is 0 Å². The van der Waals surface area contributed by atoms with Crippen LogP contribution in [0.25, 0.3) is 0 Å². The molecule has 2 aromatic carbocycles. The minimum atomic E-state index is -0.356. The molecule has 0 radical (unpaired) electrons. The van der Waals surface area contributed by atoms with Crippen LogP contribution in [0.3, 0.4) is 0 Å². The first-order chi connectivity index (χ1) is 16.3. The molecule has 0 heterocycles. The second kappa shape index (κ2) is 13.7. The third-order valence-corrected chi connectivity index (χ3v) is 5.19. The lowest BCUT2D eigenvalue weighted by atomic mass is 10.1. The van der Waals surface area contributed by atoms with E-state index in [0.717, 1.165) is 36.4 Å². The highest BCUT2D eigenvalue weighted by atomic mass is 16.3. The molecule has 2 aromatic rings. The van der Waals surface area contributed by atoms with E-state index in [1.807, 2.05) is 39.0 Å². The van der Waals surface area contributed by atoms with Crippen molar-refractivity contribution in [2.75, 3.05) is 25.0 Å². The average Bonchev–Trinajstić information content (AvgIpc) is 2.82. The quantitative estimate of drug-likeness (QED) is 0.168. The maximum Gasteiger partial charge on any atom is 0.319 e. The van der Waals surface area contributed by atoms with Gasteiger partial charge >= 0.3 is 6.03 Å². The predicted molar refractivity (Wildman–Crippen MR) is 138 cm³/mol. The zero-order valence-corrected chi connectivity index (χ0v) is 20.1. The summed E-state index contributed by atoms with van der Waals surface area (Å²) in [6, 6.07) is 13.3. The highest BCUT2D eigenvalue weighted by molar-refractivity contribution is 6.11. The monoisotopic (exact) mass is 465 g/mol. The van der Waals surface area contributed by atoms with Crippen LogP contribution in [-0.4, -0.2) is 41.6 Å². The van der Waals surface area contributed by atoms with Gasteiger partial charge in [-0.25, -0.2) is 4.79 Å². The number of hydrogen-bond donors (Lipinski definition) is 6. The molecular weight excluding hydrogens is 430 g/mol. The number of carbonyl (C=O) groups is 1. The van der Waals surface area contributed by atoms with Crippen LogP contribution in [0, 0.1) is 0 Å². The molecular formula is C26H35N5O3. The maximum absolute atomic E-state index is 11.9. The molecule has 0 spiro atoms. The van der Waals surface area contributed by atoms with Crippen LogP contribution in [0.2, 0.25) is 0 Å². The fourth-order valence-corrected chi connectivity index (χ4v) is 3.02. The molecule has 7 N–H and O–H groups in total. The smallest absolute Gasteiger partial charge is 0.319 e. The van der Waals surface area contributed by atoms with Crippen LogP contribution in [0.15, 0.2) is 76.6 Å². The molecule has 0 aromatic heterocycles. The number of hydrogen-bond acceptors (Lipinski definition) is 6. The van der Waals surface area contributed by atoms with E-state index in [2.05, 4.69) is 16.0 Å². The van der Waals surface area contributed by atoms with Gasteiger partial charge in [-0.1, -0.05) is 24.3 Å². The number of carbonyl (C=O) groups excluding carboxylic acids is 1. The fraction of sp³-hybridized carbons (Fsp3) is 0.308. The number of benzene rings is 2. The number of aliphatic imine (C=N–C) groups is 1. The highest BCUT2D eigenvalue weighted by Crippen LogP contribution is 2.21. The van der Waals surface area contributed by atoms with Gasteiger partial charge in [0.25, 0.3) is 0 Å². The van der Waals surface area contributed by atoms with Crippen molar-refractivity contribution >= 4 is 17.4 Å². The molecule has 0 bridgehead atoms. The van der Waals surface area contributed by atoms with Gasteiger partial charge < -0.3 is 31.9 Å². The average molecular weight is 466 g/mol. The number of phenols is 2. The van der Waals surface area contributed by atoms with Crippen molar-refractivity contribution < 1.29 is 15.0 Å². The van der Waals surface area contributed by atoms with E-state index in [1.165, 1.54) is 6.07 Å². The summed E-state index contributed by atoms with van der Waals surface area (Å²) < 4.78 is 0. The van der Waals surface area contributed by atoms with E-state index in [-0.39, 0.29) is 17.5 Å². The van der Waals surface area contributed by atoms with Crippen LogP contribution < -0.4 is 21.7 Å². The van der Waals surface area contributed by atoms with E-state index in [0.29, 0.717) is 30.1 Å². The molecule has 182 valence electrons. The summed E-state index contributed by atoms with van der Waals surface area (Å²) >= 11 is 0. The van der Waals surface area contributed by atoms with Gasteiger partial charge in [-0.15, -0.1) is 0 Å². The van der Waals surface area contributed by atoms with Crippen molar-refractivity contribution in [3.63, 3.8) is 0 Å². The number of urea groups is 1. The first-order valence-electron chi connectivity index (χ1n) is 11.3. The summed E-state index contributed by atoms with van der Waals surface area (Å²) in [6.45, 7) is 7.44. The van der Waals surface area contributed by atoms with Crippen LogP contribution in [0.4, 0.5) is 10.5 Å². The highest BCUT2D eigenvalue weighted by Gasteiger charge is 2.08. The van der Waals surface area contributed by atoms with E-state index in [1.54, 1.807) is 30.3 Å². The third-order valence-electron chi connectivity index (χ3n) is 5.19. The number of nitrogens with two attached hydrogens (primary N) is 1. The van der Waals surface area contributed by atoms with Crippen molar-refractivity contribution in [1.29, 1.82) is 0 Å². The number of aromatic hydroxyl groups is 2. The van der Waals surface area contributed by atoms with E-state index < -0.39 is 0 Å². The van der Waals surface area contributed by atoms with Crippen molar-refractivity contribution in [2.24, 2.45) is 10.7 Å². The lowest BCUT2D eigenvalue weighted by Gasteiger charge is -2.11. The number of unbranched alkanes of at least 4 members (excludes halogenated alkanes) is 1. The van der Waals surface area contributed by atoms with E-state index in [4.69, 9.17) is 10.7 Å². The van der Waals surface area contributed by atoms with Crippen molar-refractivity contribution in [3.8, 4) is 11.5 Å². The fourth-order valence-electron chi connectivity index (χ4n) is 3.02. The zero-order valence-electron chi connectivity index (χ0n) is 20.1. The first-order valence-corrected chi connectivity index (χ1v) is 11.3. The molecule has 2 amide bonds. The van der Waals surface area contributed by atoms with Crippen LogP contribution in [0.5, 0.6) is 11.5 Å². The van der Waals surface area contributed by atoms with Gasteiger partial charge in [0, 0.05) is 36.6 Å². The molecule has 0 atom stereocenters. The molecule has 8 heteroatoms. The first kappa shape index (κ1) is 26.5. The zero-order chi connectivity index (χ0) is 24.9. The normalized spacial score (nSPS) is 12.7. The Labute approximate surface area is 201 Å². The number of allylic oxidation sites excluding steroid dienone is 3. The maximum atomic E-state index is 11.9. The van der Waals surface area contributed by atoms with E-state index in [9.17, 15) is 15.0 Å². The number of rotatable bonds is 11. The molecule has 0 aliphatic heterocycles. The minimum absolute atomic E-state index is 0.0275. The van der Waals surface area contributed by atoms with Crippen molar-refractivity contribution in [1.82, 2.24) is 10.6 Å². The summed E-state index contributed by atoms with van der Waals surface area (Å²) in [5.41, 5.74) is 10.1. The standard InChI is InChI=1S/C26H35N5O3/c1-18(17-27)20(3)30-23(21-10-4-6-12-24(21)32)16-19(2)28-14-8-9-15-29-26(34)31-22-11-5-7-13-25(22)33/h4-7,10-13,16,28,32-33H,8-9,14-15,17,27H2,1-3H3,(H2,29,31,34)/b19-16+,20-18+,30-23+. The Bertz CT molecular complexity index is 1060. The lowest BCUT2D eigenvalue weighted by molar-refractivity contribution is 0.251. The van der Waals surface area contributed by atoms with Gasteiger partial charge in [-0.2, -0.15) is 0 Å². The number of nitrogens with zero attached hydrogens (tertiary/aromatic N) is 1. The van der Waals surface area contributed by atoms with Gasteiger partial charge in [0.2, 0.25) is 0 Å². The third kappa shape index (κ3) is 8.63. The topological polar surface area (TPSA) is 132 Å². The Morgan fingerprint density at radius 2 is 1.56 bits per heavy atom. The Hall–Kier alpha value is -3.78. The number of nitrogens with one attached hydrogen (secondary N) is 3. The lowest BCUT2D eigenvalue weighted by Crippen LogP contribution is -2.30. The van der Waals surface area contributed by atoms with Crippen LogP contribution in [-0.2, 0) is 0 Å². The summed E-state index contributed by atoms with van der Waals surface area (Å²) in [4.78, 5) is 16.6. The molecule has 0 aliphatic rings. The Morgan fingerprint density at radius 3 is 2.21 bits per heavy atom. The molecule has 0 fully saturated rings. The van der Waals surface area contributed by atoms with Gasteiger partial charge in [-0.05, 0) is 69.5 Å². The summed E-state index contributed by atoms with van der Waals surface area (Å²) in [5.74, 6) is 0.191. The predicted octanol–water partition coefficient (Wildman–Crippen LogP) is 4.23. The van der Waals surface area contributed by atoms with Gasteiger partial charge in [0.05, 0.1) is 11.4 Å². The molecule has 0 saturated heterocycles. The van der Waals surface area contributed by atoms with Crippen LogP contribution in [0.1, 0.15) is 39.2 Å². The Balaban J connectivity index is 1.87. The molecule has 0 unspecified atom stereocenters. The molecule has 0 aliphatic carbocycles. The number of amides is 2. The number of phenolic OH excluding ortho intramolecular Hbond substituents is 2. The number of anilines is 1. The Morgan fingerprint density at radius 1 is 0.941 bits per heavy atom. The van der Waals surface area contributed by atoms with Gasteiger partial charge in [-0.3, -0.25) is 4.99 Å². The second-order valence-corrected chi connectivity index (χ2v) is 7.94. The summed E-state index contributed by atoms with van der Waals surface area (Å²) in [7, 11) is 0. The SMILES string of the molecule is C\C(=C/C(=N\C(C)=C(/C)CN)c1ccccc1O)NCCCCNC(=O)Nc1ccccc1O. The van der Waals surface area contributed by atoms with Crippen molar-refractivity contribution in [2.45, 2.75) is 33.6 Å². The summed E-state index contributed by atoms with van der Waals surface area (Å²) in [5, 5.41) is 28.8. The van der Waals surface area contributed by atoms with E-state index >= 15 is 0 Å². The minimum Gasteiger partial charge on any atom is -0.507 e.